The predicted molar refractivity (Wildman–Crippen MR) is 207 cm³/mol. The standard InChI is InChI=1S/C46H30N4/c1-4-14-31(15-5-1)45-44(30-47-46(48-45)32-16-6-2-7-17-32)50-41-23-13-11-21-37(41)39-27-25-34(29-43(39)50)33-24-26-38-36-20-10-12-22-40(36)49(42(38)28-33)35-18-8-3-9-19-35/h1-30H. The Hall–Kier alpha value is -6.78. The van der Waals surface area contributed by atoms with Gasteiger partial charge in [0.05, 0.1) is 39.6 Å². The van der Waals surface area contributed by atoms with Gasteiger partial charge in [0.25, 0.3) is 0 Å². The Morgan fingerprint density at radius 1 is 0.360 bits per heavy atom. The molecule has 234 valence electrons. The summed E-state index contributed by atoms with van der Waals surface area (Å²) in [5, 5.41) is 4.88. The van der Waals surface area contributed by atoms with Gasteiger partial charge in [0.2, 0.25) is 0 Å². The Morgan fingerprint density at radius 3 is 1.46 bits per heavy atom. The van der Waals surface area contributed by atoms with Gasteiger partial charge < -0.3 is 9.13 Å². The molecule has 0 saturated heterocycles. The maximum Gasteiger partial charge on any atom is 0.159 e. The van der Waals surface area contributed by atoms with Gasteiger partial charge in [-0.1, -0.05) is 140 Å². The zero-order chi connectivity index (χ0) is 33.0. The predicted octanol–water partition coefficient (Wildman–Crippen LogP) is 11.7. The van der Waals surface area contributed by atoms with E-state index < -0.39 is 0 Å². The van der Waals surface area contributed by atoms with Crippen LogP contribution in [0.25, 0.3) is 88.8 Å². The fourth-order valence-electron chi connectivity index (χ4n) is 7.49. The first-order valence-corrected chi connectivity index (χ1v) is 16.9. The van der Waals surface area contributed by atoms with E-state index in [9.17, 15) is 0 Å². The molecule has 0 amide bonds. The third-order valence-corrected chi connectivity index (χ3v) is 9.78. The molecule has 0 aliphatic carbocycles. The van der Waals surface area contributed by atoms with Crippen molar-refractivity contribution in [2.24, 2.45) is 0 Å². The van der Waals surface area contributed by atoms with E-state index in [1.54, 1.807) is 0 Å². The summed E-state index contributed by atoms with van der Waals surface area (Å²) in [6, 6.07) is 62.3. The summed E-state index contributed by atoms with van der Waals surface area (Å²) in [5.41, 5.74) is 12.0. The molecule has 0 fully saturated rings. The minimum atomic E-state index is 0.705. The highest BCUT2D eigenvalue weighted by Crippen LogP contribution is 2.39. The molecule has 0 atom stereocenters. The number of aromatic nitrogens is 4. The summed E-state index contributed by atoms with van der Waals surface area (Å²) in [7, 11) is 0. The van der Waals surface area contributed by atoms with Gasteiger partial charge in [-0.25, -0.2) is 9.97 Å². The number of hydrogen-bond donors (Lipinski definition) is 0. The van der Waals surface area contributed by atoms with Crippen molar-refractivity contribution in [3.8, 4) is 45.1 Å². The molecule has 50 heavy (non-hydrogen) atoms. The summed E-state index contributed by atoms with van der Waals surface area (Å²) in [6.45, 7) is 0. The van der Waals surface area contributed by atoms with E-state index in [1.165, 1.54) is 32.6 Å². The molecule has 0 saturated carbocycles. The SMILES string of the molecule is c1ccc(-c2ncc(-n3c4ccccc4c4ccc(-c5ccc6c7ccccc7n(-c7ccccc7)c6c5)cc43)c(-c3ccccc3)n2)cc1. The Labute approximate surface area is 289 Å². The lowest BCUT2D eigenvalue weighted by molar-refractivity contribution is 1.09. The smallest absolute Gasteiger partial charge is 0.159 e. The van der Waals surface area contributed by atoms with Crippen molar-refractivity contribution >= 4 is 43.6 Å². The molecule has 3 aromatic heterocycles. The first-order valence-electron chi connectivity index (χ1n) is 16.9. The lowest BCUT2D eigenvalue weighted by Gasteiger charge is -2.15. The normalized spacial score (nSPS) is 11.6. The van der Waals surface area contributed by atoms with Crippen molar-refractivity contribution in [2.45, 2.75) is 0 Å². The van der Waals surface area contributed by atoms with Gasteiger partial charge in [0.1, 0.15) is 0 Å². The van der Waals surface area contributed by atoms with Crippen LogP contribution < -0.4 is 0 Å². The van der Waals surface area contributed by atoms with Crippen LogP contribution in [0.5, 0.6) is 0 Å². The Morgan fingerprint density at radius 2 is 0.840 bits per heavy atom. The van der Waals surface area contributed by atoms with Gasteiger partial charge in [-0.3, -0.25) is 0 Å². The van der Waals surface area contributed by atoms with Crippen LogP contribution in [0.15, 0.2) is 182 Å². The van der Waals surface area contributed by atoms with Crippen LogP contribution >= 0.6 is 0 Å². The molecular formula is C46H30N4. The van der Waals surface area contributed by atoms with Crippen molar-refractivity contribution in [1.29, 1.82) is 0 Å². The van der Waals surface area contributed by atoms with Crippen LogP contribution in [0.3, 0.4) is 0 Å². The van der Waals surface area contributed by atoms with E-state index >= 15 is 0 Å². The third kappa shape index (κ3) is 4.46. The van der Waals surface area contributed by atoms with Gasteiger partial charge in [0.15, 0.2) is 5.82 Å². The first-order chi connectivity index (χ1) is 24.8. The molecule has 10 rings (SSSR count). The maximum atomic E-state index is 5.22. The van der Waals surface area contributed by atoms with Crippen molar-refractivity contribution in [3.05, 3.63) is 182 Å². The van der Waals surface area contributed by atoms with Crippen LogP contribution in [-0.4, -0.2) is 19.1 Å². The molecular weight excluding hydrogens is 609 g/mol. The van der Waals surface area contributed by atoms with Gasteiger partial charge in [0, 0.05) is 38.4 Å². The van der Waals surface area contributed by atoms with Crippen LogP contribution in [0.1, 0.15) is 0 Å². The minimum absolute atomic E-state index is 0.705. The molecule has 3 heterocycles. The van der Waals surface area contributed by atoms with Crippen LogP contribution in [0.2, 0.25) is 0 Å². The van der Waals surface area contributed by atoms with Crippen molar-refractivity contribution in [3.63, 3.8) is 0 Å². The van der Waals surface area contributed by atoms with E-state index in [0.717, 1.165) is 50.4 Å². The van der Waals surface area contributed by atoms with Crippen molar-refractivity contribution in [2.75, 3.05) is 0 Å². The van der Waals surface area contributed by atoms with Gasteiger partial charge in [-0.2, -0.15) is 0 Å². The van der Waals surface area contributed by atoms with Crippen LogP contribution in [0.4, 0.5) is 0 Å². The van der Waals surface area contributed by atoms with Crippen molar-refractivity contribution in [1.82, 2.24) is 19.1 Å². The molecule has 10 aromatic rings. The van der Waals surface area contributed by atoms with E-state index in [2.05, 4.69) is 161 Å². The lowest BCUT2D eigenvalue weighted by Crippen LogP contribution is -2.02. The second-order valence-corrected chi connectivity index (χ2v) is 12.7. The summed E-state index contributed by atoms with van der Waals surface area (Å²) in [5.74, 6) is 0.705. The molecule has 7 aromatic carbocycles. The summed E-state index contributed by atoms with van der Waals surface area (Å²) in [4.78, 5) is 10.2. The Balaban J connectivity index is 1.22. The fraction of sp³-hybridized carbons (Fsp3) is 0. The largest absolute Gasteiger partial charge is 0.309 e. The molecule has 0 N–H and O–H groups in total. The number of benzene rings is 7. The number of nitrogens with zero attached hydrogens (tertiary/aromatic N) is 4. The monoisotopic (exact) mass is 638 g/mol. The molecule has 4 nitrogen and oxygen atoms in total. The number of rotatable bonds is 5. The minimum Gasteiger partial charge on any atom is -0.309 e. The summed E-state index contributed by atoms with van der Waals surface area (Å²) < 4.78 is 4.71. The molecule has 0 radical (unpaired) electrons. The van der Waals surface area contributed by atoms with Crippen LogP contribution in [0, 0.1) is 0 Å². The summed E-state index contributed by atoms with van der Waals surface area (Å²) >= 11 is 0. The number of fused-ring (bicyclic) bond motifs is 6. The number of para-hydroxylation sites is 3. The molecule has 0 bridgehead atoms. The van der Waals surface area contributed by atoms with Crippen LogP contribution in [-0.2, 0) is 0 Å². The summed E-state index contributed by atoms with van der Waals surface area (Å²) in [6.07, 6.45) is 1.99. The topological polar surface area (TPSA) is 35.6 Å². The third-order valence-electron chi connectivity index (χ3n) is 9.78. The average molecular weight is 639 g/mol. The Bertz CT molecular complexity index is 2850. The van der Waals surface area contributed by atoms with E-state index in [-0.39, 0.29) is 0 Å². The average Bonchev–Trinajstić information content (AvgIpc) is 3.71. The highest BCUT2D eigenvalue weighted by Gasteiger charge is 2.20. The van der Waals surface area contributed by atoms with Gasteiger partial charge >= 0.3 is 0 Å². The zero-order valence-electron chi connectivity index (χ0n) is 27.1. The lowest BCUT2D eigenvalue weighted by atomic mass is 10.0. The molecule has 0 aliphatic rings. The zero-order valence-corrected chi connectivity index (χ0v) is 27.1. The second kappa shape index (κ2) is 11.4. The highest BCUT2D eigenvalue weighted by molar-refractivity contribution is 6.12. The highest BCUT2D eigenvalue weighted by atomic mass is 15.0. The fourth-order valence-corrected chi connectivity index (χ4v) is 7.49. The first kappa shape index (κ1) is 28.3. The number of hydrogen-bond acceptors (Lipinski definition) is 2. The molecule has 0 unspecified atom stereocenters. The van der Waals surface area contributed by atoms with E-state index in [1.807, 2.05) is 30.5 Å². The quantitative estimate of drug-likeness (QED) is 0.188. The maximum absolute atomic E-state index is 5.22. The van der Waals surface area contributed by atoms with Gasteiger partial charge in [-0.05, 0) is 47.5 Å². The van der Waals surface area contributed by atoms with E-state index in [0.29, 0.717) is 5.82 Å². The van der Waals surface area contributed by atoms with E-state index in [4.69, 9.17) is 9.97 Å². The molecule has 4 heteroatoms. The molecule has 0 spiro atoms. The van der Waals surface area contributed by atoms with Crippen molar-refractivity contribution < 1.29 is 0 Å². The second-order valence-electron chi connectivity index (χ2n) is 12.7. The van der Waals surface area contributed by atoms with Gasteiger partial charge in [-0.15, -0.1) is 0 Å². The Kier molecular flexibility index (Phi) is 6.46. The molecule has 0 aliphatic heterocycles.